The van der Waals surface area contributed by atoms with Gasteiger partial charge < -0.3 is 0 Å². The quantitative estimate of drug-likeness (QED) is 0.409. The van der Waals surface area contributed by atoms with Gasteiger partial charge in [-0.3, -0.25) is 4.79 Å². The molecule has 0 aliphatic heterocycles. The lowest BCUT2D eigenvalue weighted by atomic mass is 9.93. The third kappa shape index (κ3) is 3.45. The Bertz CT molecular complexity index is 589. The van der Waals surface area contributed by atoms with E-state index in [1.54, 1.807) is 0 Å². The Hall–Kier alpha value is -1.60. The summed E-state index contributed by atoms with van der Waals surface area (Å²) in [6.45, 7) is 3.70. The fourth-order valence-corrected chi connectivity index (χ4v) is 2.54. The molecular formula is C17H17ClO. The predicted octanol–water partition coefficient (Wildman–Crippen LogP) is 5.05. The zero-order chi connectivity index (χ0) is 13.7. The molecule has 0 radical (unpaired) electrons. The lowest BCUT2D eigenvalue weighted by Gasteiger charge is -2.13. The van der Waals surface area contributed by atoms with Crippen LogP contribution in [-0.2, 0) is 4.79 Å². The molecule has 1 atom stereocenters. The fraction of sp³-hybridized carbons (Fsp3) is 0.235. The molecular weight excluding hydrogens is 256 g/mol. The highest BCUT2D eigenvalue weighted by Crippen LogP contribution is 2.27. The Labute approximate surface area is 118 Å². The molecule has 19 heavy (non-hydrogen) atoms. The molecule has 0 aliphatic rings. The largest absolute Gasteiger partial charge is 0.281 e. The van der Waals surface area contributed by atoms with E-state index in [2.05, 4.69) is 24.8 Å². The van der Waals surface area contributed by atoms with Crippen LogP contribution in [0.2, 0.25) is 0 Å². The fourth-order valence-electron chi connectivity index (χ4n) is 2.30. The van der Waals surface area contributed by atoms with E-state index in [0.717, 1.165) is 30.2 Å². The van der Waals surface area contributed by atoms with Gasteiger partial charge in [0.2, 0.25) is 5.24 Å². The molecule has 0 saturated carbocycles. The van der Waals surface area contributed by atoms with Crippen molar-refractivity contribution in [2.24, 2.45) is 0 Å². The van der Waals surface area contributed by atoms with Gasteiger partial charge in [-0.05, 0) is 47.2 Å². The second-order valence-corrected chi connectivity index (χ2v) is 5.06. The van der Waals surface area contributed by atoms with Crippen molar-refractivity contribution >= 4 is 27.6 Å². The van der Waals surface area contributed by atoms with Crippen LogP contribution in [0.4, 0.5) is 0 Å². The highest BCUT2D eigenvalue weighted by molar-refractivity contribution is 6.64. The summed E-state index contributed by atoms with van der Waals surface area (Å²) in [4.78, 5) is 11.6. The van der Waals surface area contributed by atoms with Gasteiger partial charge in [0.1, 0.15) is 0 Å². The van der Waals surface area contributed by atoms with Gasteiger partial charge in [-0.15, -0.1) is 6.58 Å². The Morgan fingerprint density at radius 2 is 1.95 bits per heavy atom. The molecule has 0 fully saturated rings. The average Bonchev–Trinajstić information content (AvgIpc) is 2.43. The number of allylic oxidation sites excluding steroid dienone is 1. The number of rotatable bonds is 6. The van der Waals surface area contributed by atoms with Gasteiger partial charge in [0, 0.05) is 0 Å². The first-order chi connectivity index (χ1) is 9.22. The molecule has 0 aliphatic carbocycles. The van der Waals surface area contributed by atoms with Crippen molar-refractivity contribution in [3.63, 3.8) is 0 Å². The summed E-state index contributed by atoms with van der Waals surface area (Å²) in [5.74, 6) is -0.216. The first-order valence-electron chi connectivity index (χ1n) is 6.51. The maximum absolute atomic E-state index is 11.6. The molecule has 1 nitrogen and oxygen atoms in total. The maximum atomic E-state index is 11.6. The minimum Gasteiger partial charge on any atom is -0.281 e. The number of fused-ring (bicyclic) bond motifs is 1. The molecule has 2 rings (SSSR count). The van der Waals surface area contributed by atoms with E-state index >= 15 is 0 Å². The standard InChI is InChI=1S/C17H17ClO/c1-2-3-4-9-16(17(18)19)15-11-10-13-7-5-6-8-14(13)12-15/h2,5-8,10-12,16H,1,3-4,9H2. The molecule has 0 saturated heterocycles. The van der Waals surface area contributed by atoms with Crippen LogP contribution in [0, 0.1) is 0 Å². The Morgan fingerprint density at radius 3 is 2.63 bits per heavy atom. The number of carbonyl (C=O) groups excluding carboxylic acids is 1. The van der Waals surface area contributed by atoms with Crippen LogP contribution in [0.3, 0.4) is 0 Å². The number of halogens is 1. The van der Waals surface area contributed by atoms with Crippen LogP contribution in [0.15, 0.2) is 55.1 Å². The highest BCUT2D eigenvalue weighted by atomic mass is 35.5. The summed E-state index contributed by atoms with van der Waals surface area (Å²) >= 11 is 5.74. The smallest absolute Gasteiger partial charge is 0.229 e. The number of carbonyl (C=O) groups is 1. The van der Waals surface area contributed by atoms with Crippen molar-refractivity contribution in [3.05, 3.63) is 60.7 Å². The Morgan fingerprint density at radius 1 is 1.21 bits per heavy atom. The molecule has 0 N–H and O–H groups in total. The monoisotopic (exact) mass is 272 g/mol. The number of hydrogen-bond donors (Lipinski definition) is 0. The number of benzene rings is 2. The van der Waals surface area contributed by atoms with E-state index in [-0.39, 0.29) is 11.2 Å². The summed E-state index contributed by atoms with van der Waals surface area (Å²) in [7, 11) is 0. The summed E-state index contributed by atoms with van der Waals surface area (Å²) in [5.41, 5.74) is 1.00. The van der Waals surface area contributed by atoms with Crippen molar-refractivity contribution in [1.82, 2.24) is 0 Å². The van der Waals surface area contributed by atoms with Crippen LogP contribution < -0.4 is 0 Å². The van der Waals surface area contributed by atoms with Gasteiger partial charge in [-0.1, -0.05) is 48.5 Å². The number of hydrogen-bond acceptors (Lipinski definition) is 1. The topological polar surface area (TPSA) is 17.1 Å². The van der Waals surface area contributed by atoms with Crippen molar-refractivity contribution < 1.29 is 4.79 Å². The van der Waals surface area contributed by atoms with E-state index in [1.807, 2.05) is 30.3 Å². The van der Waals surface area contributed by atoms with Gasteiger partial charge in [0.25, 0.3) is 0 Å². The highest BCUT2D eigenvalue weighted by Gasteiger charge is 2.18. The molecule has 2 aromatic rings. The molecule has 2 aromatic carbocycles. The molecule has 0 heterocycles. The van der Waals surface area contributed by atoms with Crippen molar-refractivity contribution in [3.8, 4) is 0 Å². The van der Waals surface area contributed by atoms with Crippen LogP contribution in [-0.4, -0.2) is 5.24 Å². The zero-order valence-electron chi connectivity index (χ0n) is 10.8. The van der Waals surface area contributed by atoms with Gasteiger partial charge >= 0.3 is 0 Å². The van der Waals surface area contributed by atoms with Gasteiger partial charge in [0.05, 0.1) is 5.92 Å². The molecule has 0 bridgehead atoms. The normalized spacial score (nSPS) is 12.3. The Kier molecular flexibility index (Phi) is 4.75. The first-order valence-corrected chi connectivity index (χ1v) is 6.89. The Balaban J connectivity index is 2.27. The molecule has 2 heteroatoms. The van der Waals surface area contributed by atoms with Crippen LogP contribution in [0.5, 0.6) is 0 Å². The minimum absolute atomic E-state index is 0.216. The lowest BCUT2D eigenvalue weighted by Crippen LogP contribution is -2.06. The first kappa shape index (κ1) is 13.8. The number of unbranched alkanes of at least 4 members (excludes halogenated alkanes) is 1. The average molecular weight is 273 g/mol. The third-order valence-electron chi connectivity index (χ3n) is 3.35. The predicted molar refractivity (Wildman–Crippen MR) is 81.6 cm³/mol. The summed E-state index contributed by atoms with van der Waals surface area (Å²) < 4.78 is 0. The van der Waals surface area contributed by atoms with Crippen LogP contribution in [0.1, 0.15) is 30.7 Å². The summed E-state index contributed by atoms with van der Waals surface area (Å²) in [6, 6.07) is 14.2. The van der Waals surface area contributed by atoms with E-state index < -0.39 is 0 Å². The minimum atomic E-state index is -0.278. The maximum Gasteiger partial charge on any atom is 0.229 e. The van der Waals surface area contributed by atoms with E-state index in [0.29, 0.717) is 0 Å². The summed E-state index contributed by atoms with van der Waals surface area (Å²) in [6.07, 6.45) is 4.48. The third-order valence-corrected chi connectivity index (χ3v) is 3.61. The molecule has 0 aromatic heterocycles. The molecule has 1 unspecified atom stereocenters. The second-order valence-electron chi connectivity index (χ2n) is 4.68. The van der Waals surface area contributed by atoms with E-state index in [9.17, 15) is 4.79 Å². The summed E-state index contributed by atoms with van der Waals surface area (Å²) in [5, 5.41) is 2.05. The zero-order valence-corrected chi connectivity index (χ0v) is 11.6. The van der Waals surface area contributed by atoms with Gasteiger partial charge in [-0.25, -0.2) is 0 Å². The molecule has 98 valence electrons. The SMILES string of the molecule is C=CCCCC(C(=O)Cl)c1ccc2ccccc2c1. The van der Waals surface area contributed by atoms with Gasteiger partial charge in [0.15, 0.2) is 0 Å². The van der Waals surface area contributed by atoms with Crippen molar-refractivity contribution in [2.45, 2.75) is 25.2 Å². The van der Waals surface area contributed by atoms with Crippen LogP contribution >= 0.6 is 11.6 Å². The van der Waals surface area contributed by atoms with Crippen molar-refractivity contribution in [1.29, 1.82) is 0 Å². The van der Waals surface area contributed by atoms with E-state index in [1.165, 1.54) is 5.39 Å². The van der Waals surface area contributed by atoms with Gasteiger partial charge in [-0.2, -0.15) is 0 Å². The molecule has 0 spiro atoms. The van der Waals surface area contributed by atoms with Crippen LogP contribution in [0.25, 0.3) is 10.8 Å². The lowest BCUT2D eigenvalue weighted by molar-refractivity contribution is -0.113. The second kappa shape index (κ2) is 6.53. The van der Waals surface area contributed by atoms with E-state index in [4.69, 9.17) is 11.6 Å². The molecule has 0 amide bonds. The van der Waals surface area contributed by atoms with Crippen molar-refractivity contribution in [2.75, 3.05) is 0 Å².